The summed E-state index contributed by atoms with van der Waals surface area (Å²) in [7, 11) is 0. The Hall–Kier alpha value is -0.570. The molecule has 3 rings (SSSR count). The van der Waals surface area contributed by atoms with Crippen molar-refractivity contribution in [3.8, 4) is 0 Å². The van der Waals surface area contributed by atoms with Crippen LogP contribution in [-0.2, 0) is 4.79 Å². The molecule has 1 N–H and O–H groups in total. The number of nitrogens with one attached hydrogen (secondary N) is 1. The molecule has 0 spiro atoms. The lowest BCUT2D eigenvalue weighted by molar-refractivity contribution is -0.939. The molecule has 102 valence electrons. The molecule has 4 atom stereocenters. The minimum Gasteiger partial charge on any atom is -0.342 e. The monoisotopic (exact) mass is 251 g/mol. The second kappa shape index (κ2) is 5.60. The van der Waals surface area contributed by atoms with Crippen LogP contribution in [0.1, 0.15) is 51.4 Å². The van der Waals surface area contributed by atoms with Crippen molar-refractivity contribution < 1.29 is 9.69 Å². The van der Waals surface area contributed by atoms with E-state index < -0.39 is 0 Å². The highest BCUT2D eigenvalue weighted by molar-refractivity contribution is 5.48. The molecule has 0 radical (unpaired) electrons. The van der Waals surface area contributed by atoms with Gasteiger partial charge in [-0.2, -0.15) is 0 Å². The number of hydrogen-bond donors (Lipinski definition) is 1. The lowest BCUT2D eigenvalue weighted by Crippen LogP contribution is -3.18. The number of carbonyl (C=O) groups is 1. The van der Waals surface area contributed by atoms with Crippen molar-refractivity contribution in [2.45, 2.75) is 63.5 Å². The van der Waals surface area contributed by atoms with Gasteiger partial charge in [0, 0.05) is 18.5 Å². The van der Waals surface area contributed by atoms with Crippen LogP contribution in [0, 0.1) is 5.92 Å². The van der Waals surface area contributed by atoms with Crippen LogP contribution < -0.4 is 4.90 Å². The SMILES string of the molecule is O=CN1CCCC[C@H]1[C@H]1CC[C@H]2CCCC[NH+]2C1. The Bertz CT molecular complexity index is 294. The smallest absolute Gasteiger partial charge is 0.209 e. The van der Waals surface area contributed by atoms with Gasteiger partial charge in [0.15, 0.2) is 0 Å². The van der Waals surface area contributed by atoms with Gasteiger partial charge in [0.2, 0.25) is 6.41 Å². The molecule has 18 heavy (non-hydrogen) atoms. The molecule has 3 aliphatic rings. The number of fused-ring (bicyclic) bond motifs is 1. The molecule has 3 aliphatic heterocycles. The van der Waals surface area contributed by atoms with Crippen molar-refractivity contribution in [2.24, 2.45) is 5.92 Å². The van der Waals surface area contributed by atoms with Crippen LogP contribution in [0.25, 0.3) is 0 Å². The molecule has 0 aromatic rings. The Labute approximate surface area is 111 Å². The van der Waals surface area contributed by atoms with Gasteiger partial charge in [-0.15, -0.1) is 0 Å². The van der Waals surface area contributed by atoms with E-state index in [1.807, 2.05) is 4.90 Å². The number of amides is 1. The van der Waals surface area contributed by atoms with Gasteiger partial charge >= 0.3 is 0 Å². The van der Waals surface area contributed by atoms with Crippen LogP contribution >= 0.6 is 0 Å². The summed E-state index contributed by atoms with van der Waals surface area (Å²) >= 11 is 0. The molecule has 3 heterocycles. The van der Waals surface area contributed by atoms with E-state index in [1.165, 1.54) is 64.5 Å². The van der Waals surface area contributed by atoms with Gasteiger partial charge in [-0.05, 0) is 51.4 Å². The zero-order valence-electron chi connectivity index (χ0n) is 11.4. The van der Waals surface area contributed by atoms with E-state index in [0.717, 1.165) is 24.9 Å². The second-order valence-electron chi connectivity index (χ2n) is 6.55. The van der Waals surface area contributed by atoms with E-state index in [1.54, 1.807) is 0 Å². The molecule has 3 saturated heterocycles. The summed E-state index contributed by atoms with van der Waals surface area (Å²) in [5.74, 6) is 0.778. The molecule has 3 fully saturated rings. The Kier molecular flexibility index (Phi) is 3.88. The van der Waals surface area contributed by atoms with E-state index >= 15 is 0 Å². The third kappa shape index (κ3) is 2.42. The first-order chi connectivity index (χ1) is 8.88. The second-order valence-corrected chi connectivity index (χ2v) is 6.55. The Morgan fingerprint density at radius 1 is 1.00 bits per heavy atom. The van der Waals surface area contributed by atoms with Crippen LogP contribution in [0.5, 0.6) is 0 Å². The highest BCUT2D eigenvalue weighted by Crippen LogP contribution is 2.27. The molecule has 1 amide bonds. The van der Waals surface area contributed by atoms with Crippen LogP contribution in [0.3, 0.4) is 0 Å². The van der Waals surface area contributed by atoms with Gasteiger partial charge in [-0.25, -0.2) is 0 Å². The topological polar surface area (TPSA) is 24.8 Å². The van der Waals surface area contributed by atoms with Crippen LogP contribution in [0.4, 0.5) is 0 Å². The van der Waals surface area contributed by atoms with Gasteiger partial charge in [-0.1, -0.05) is 0 Å². The van der Waals surface area contributed by atoms with Crippen LogP contribution in [0.2, 0.25) is 0 Å². The molecule has 0 aromatic carbocycles. The van der Waals surface area contributed by atoms with Crippen molar-refractivity contribution in [1.82, 2.24) is 4.90 Å². The lowest BCUT2D eigenvalue weighted by Gasteiger charge is -2.45. The summed E-state index contributed by atoms with van der Waals surface area (Å²) < 4.78 is 0. The van der Waals surface area contributed by atoms with Crippen molar-refractivity contribution >= 4 is 6.41 Å². The quantitative estimate of drug-likeness (QED) is 0.723. The fourth-order valence-electron chi connectivity index (χ4n) is 4.57. The Morgan fingerprint density at radius 2 is 1.89 bits per heavy atom. The fraction of sp³-hybridized carbons (Fsp3) is 0.933. The molecular weight excluding hydrogens is 224 g/mol. The molecular formula is C15H27N2O+. The molecule has 3 nitrogen and oxygen atoms in total. The number of quaternary nitrogens is 1. The van der Waals surface area contributed by atoms with E-state index in [4.69, 9.17) is 0 Å². The fourth-order valence-corrected chi connectivity index (χ4v) is 4.57. The van der Waals surface area contributed by atoms with Crippen molar-refractivity contribution in [3.05, 3.63) is 0 Å². The zero-order valence-corrected chi connectivity index (χ0v) is 11.4. The molecule has 0 aromatic heterocycles. The first-order valence-electron chi connectivity index (χ1n) is 7.94. The van der Waals surface area contributed by atoms with Gasteiger partial charge in [0.05, 0.1) is 19.1 Å². The largest absolute Gasteiger partial charge is 0.342 e. The summed E-state index contributed by atoms with van der Waals surface area (Å²) in [6.45, 7) is 3.72. The molecule has 1 unspecified atom stereocenters. The average molecular weight is 251 g/mol. The summed E-state index contributed by atoms with van der Waals surface area (Å²) in [6.07, 6.45) is 12.0. The third-order valence-corrected chi connectivity index (χ3v) is 5.56. The average Bonchev–Trinajstić information content (AvgIpc) is 2.46. The van der Waals surface area contributed by atoms with Gasteiger partial charge < -0.3 is 9.80 Å². The van der Waals surface area contributed by atoms with Gasteiger partial charge in [0.25, 0.3) is 0 Å². The maximum atomic E-state index is 11.2. The van der Waals surface area contributed by atoms with Crippen molar-refractivity contribution in [1.29, 1.82) is 0 Å². The normalized spacial score (nSPS) is 41.2. The summed E-state index contributed by atoms with van der Waals surface area (Å²) in [6, 6.07) is 1.51. The highest BCUT2D eigenvalue weighted by atomic mass is 16.1. The Balaban J connectivity index is 1.63. The van der Waals surface area contributed by atoms with Crippen LogP contribution in [0.15, 0.2) is 0 Å². The lowest BCUT2D eigenvalue weighted by atomic mass is 9.81. The minimum atomic E-state index is 0.562. The predicted molar refractivity (Wildman–Crippen MR) is 71.5 cm³/mol. The number of piperidine rings is 3. The number of rotatable bonds is 2. The maximum Gasteiger partial charge on any atom is 0.209 e. The first-order valence-corrected chi connectivity index (χ1v) is 7.94. The number of hydrogen-bond acceptors (Lipinski definition) is 1. The van der Waals surface area contributed by atoms with Gasteiger partial charge in [0.1, 0.15) is 0 Å². The standard InChI is InChI=1S/C15H26N2O/c18-12-17-10-4-2-6-15(17)13-7-8-14-5-1-3-9-16(14)11-13/h12-15H,1-11H2/p+1/t13-,14+,15-/m0/s1. The number of nitrogens with zero attached hydrogens (tertiary/aromatic N) is 1. The zero-order chi connectivity index (χ0) is 12.4. The molecule has 0 saturated carbocycles. The van der Waals surface area contributed by atoms with Gasteiger partial charge in [-0.3, -0.25) is 4.79 Å². The summed E-state index contributed by atoms with van der Waals surface area (Å²) in [5, 5.41) is 0. The van der Waals surface area contributed by atoms with E-state index in [0.29, 0.717) is 6.04 Å². The minimum absolute atomic E-state index is 0.562. The molecule has 3 heteroatoms. The predicted octanol–water partition coefficient (Wildman–Crippen LogP) is 0.845. The Morgan fingerprint density at radius 3 is 2.78 bits per heavy atom. The molecule has 0 bridgehead atoms. The summed E-state index contributed by atoms with van der Waals surface area (Å²) in [4.78, 5) is 15.2. The third-order valence-electron chi connectivity index (χ3n) is 5.56. The number of likely N-dealkylation sites (tertiary alicyclic amines) is 1. The van der Waals surface area contributed by atoms with Crippen molar-refractivity contribution in [3.63, 3.8) is 0 Å². The van der Waals surface area contributed by atoms with Crippen molar-refractivity contribution in [2.75, 3.05) is 19.6 Å². The summed E-state index contributed by atoms with van der Waals surface area (Å²) in [5.41, 5.74) is 0. The number of carbonyl (C=O) groups excluding carboxylic acids is 1. The van der Waals surface area contributed by atoms with Crippen LogP contribution in [-0.4, -0.2) is 43.0 Å². The first kappa shape index (κ1) is 12.5. The molecule has 0 aliphatic carbocycles. The highest BCUT2D eigenvalue weighted by Gasteiger charge is 2.39. The van der Waals surface area contributed by atoms with E-state index in [9.17, 15) is 4.79 Å². The maximum absolute atomic E-state index is 11.2. The van der Waals surface area contributed by atoms with E-state index in [-0.39, 0.29) is 0 Å². The van der Waals surface area contributed by atoms with E-state index in [2.05, 4.69) is 4.90 Å².